The molecule has 1 N–H and O–H groups in total. The summed E-state index contributed by atoms with van der Waals surface area (Å²) in [5.41, 5.74) is 0.150. The minimum absolute atomic E-state index is 0.150. The van der Waals surface area contributed by atoms with Crippen molar-refractivity contribution in [1.29, 1.82) is 0 Å². The van der Waals surface area contributed by atoms with Gasteiger partial charge < -0.3 is 14.6 Å². The highest BCUT2D eigenvalue weighted by atomic mass is 19.1. The zero-order chi connectivity index (χ0) is 13.4. The Hall–Kier alpha value is -1.78. The monoisotopic (exact) mass is 256 g/mol. The quantitative estimate of drug-likeness (QED) is 0.726. The van der Waals surface area contributed by atoms with Crippen LogP contribution in [0, 0.1) is 0 Å². The number of ether oxygens (including phenoxy) is 2. The van der Waals surface area contributed by atoms with Gasteiger partial charge in [0.25, 0.3) is 0 Å². The van der Waals surface area contributed by atoms with Crippen LogP contribution in [0.5, 0.6) is 11.5 Å². The van der Waals surface area contributed by atoms with Gasteiger partial charge in [-0.15, -0.1) is 0 Å². The summed E-state index contributed by atoms with van der Waals surface area (Å²) >= 11 is 0. The van der Waals surface area contributed by atoms with Gasteiger partial charge in [0.1, 0.15) is 0 Å². The molecule has 0 fully saturated rings. The number of carboxylic acids is 1. The first-order valence-corrected chi connectivity index (χ1v) is 5.79. The van der Waals surface area contributed by atoms with Gasteiger partial charge in [0.05, 0.1) is 26.0 Å². The molecule has 1 rings (SSSR count). The number of unbranched alkanes of at least 4 members (excludes halogenated alkanes) is 2. The molecule has 100 valence electrons. The normalized spacial score (nSPS) is 10.1. The molecule has 0 atom stereocenters. The summed E-state index contributed by atoms with van der Waals surface area (Å²) in [4.78, 5) is 10.8. The van der Waals surface area contributed by atoms with Gasteiger partial charge in [-0.05, 0) is 37.5 Å². The molecule has 0 heterocycles. The highest BCUT2D eigenvalue weighted by Gasteiger charge is 2.09. The number of alkyl halides is 1. The van der Waals surface area contributed by atoms with Crippen molar-refractivity contribution in [1.82, 2.24) is 0 Å². The van der Waals surface area contributed by atoms with Crippen LogP contribution < -0.4 is 9.47 Å². The SMILES string of the molecule is COc1cc(C(=O)O)ccc1OCCCCCF. The highest BCUT2D eigenvalue weighted by molar-refractivity contribution is 5.88. The van der Waals surface area contributed by atoms with E-state index in [0.29, 0.717) is 24.5 Å². The van der Waals surface area contributed by atoms with E-state index in [0.717, 1.165) is 12.8 Å². The number of benzene rings is 1. The van der Waals surface area contributed by atoms with E-state index >= 15 is 0 Å². The molecule has 0 aliphatic heterocycles. The second-order valence-electron chi connectivity index (χ2n) is 3.77. The standard InChI is InChI=1S/C13H17FO4/c1-17-12-9-10(13(15)16)5-6-11(12)18-8-4-2-3-7-14/h5-6,9H,2-4,7-8H2,1H3,(H,15,16). The van der Waals surface area contributed by atoms with Crippen LogP contribution in [-0.2, 0) is 0 Å². The minimum Gasteiger partial charge on any atom is -0.493 e. The third-order valence-electron chi connectivity index (χ3n) is 2.45. The Balaban J connectivity index is 2.57. The summed E-state index contributed by atoms with van der Waals surface area (Å²) in [5.74, 6) is -0.120. The number of hydrogen-bond acceptors (Lipinski definition) is 3. The number of hydrogen-bond donors (Lipinski definition) is 1. The Morgan fingerprint density at radius 3 is 2.67 bits per heavy atom. The zero-order valence-corrected chi connectivity index (χ0v) is 10.3. The number of aromatic carboxylic acids is 1. The molecule has 18 heavy (non-hydrogen) atoms. The Bertz CT molecular complexity index is 393. The summed E-state index contributed by atoms with van der Waals surface area (Å²) in [6.07, 6.45) is 2.07. The second-order valence-corrected chi connectivity index (χ2v) is 3.77. The number of rotatable bonds is 8. The smallest absolute Gasteiger partial charge is 0.335 e. The van der Waals surface area contributed by atoms with Crippen LogP contribution in [0.4, 0.5) is 4.39 Å². The van der Waals surface area contributed by atoms with Crippen LogP contribution in [0.1, 0.15) is 29.6 Å². The van der Waals surface area contributed by atoms with Crippen molar-refractivity contribution >= 4 is 5.97 Å². The zero-order valence-electron chi connectivity index (χ0n) is 10.3. The van der Waals surface area contributed by atoms with Crippen molar-refractivity contribution in [3.05, 3.63) is 23.8 Å². The average Bonchev–Trinajstić information content (AvgIpc) is 2.38. The molecule has 4 nitrogen and oxygen atoms in total. The summed E-state index contributed by atoms with van der Waals surface area (Å²) < 4.78 is 22.4. The average molecular weight is 256 g/mol. The lowest BCUT2D eigenvalue weighted by Gasteiger charge is -2.11. The van der Waals surface area contributed by atoms with E-state index in [1.165, 1.54) is 19.2 Å². The van der Waals surface area contributed by atoms with Crippen molar-refractivity contribution in [2.75, 3.05) is 20.4 Å². The van der Waals surface area contributed by atoms with Crippen LogP contribution in [-0.4, -0.2) is 31.5 Å². The van der Waals surface area contributed by atoms with Gasteiger partial charge in [-0.3, -0.25) is 4.39 Å². The molecule has 0 aromatic heterocycles. The molecule has 0 aliphatic rings. The molecule has 0 spiro atoms. The Morgan fingerprint density at radius 2 is 2.06 bits per heavy atom. The van der Waals surface area contributed by atoms with Crippen LogP contribution >= 0.6 is 0 Å². The number of methoxy groups -OCH3 is 1. The van der Waals surface area contributed by atoms with E-state index < -0.39 is 5.97 Å². The number of carboxylic acid groups (broad SMARTS) is 1. The van der Waals surface area contributed by atoms with Crippen LogP contribution in [0.25, 0.3) is 0 Å². The predicted octanol–water partition coefficient (Wildman–Crippen LogP) is 2.91. The third kappa shape index (κ3) is 4.24. The molecule has 0 saturated carbocycles. The molecule has 1 aromatic carbocycles. The van der Waals surface area contributed by atoms with E-state index in [-0.39, 0.29) is 12.2 Å². The summed E-state index contributed by atoms with van der Waals surface area (Å²) in [6.45, 7) is 0.152. The Kier molecular flexibility index (Phi) is 5.97. The summed E-state index contributed by atoms with van der Waals surface area (Å²) in [7, 11) is 1.46. The molecule has 1 aromatic rings. The van der Waals surface area contributed by atoms with Gasteiger partial charge in [-0.1, -0.05) is 0 Å². The van der Waals surface area contributed by atoms with Gasteiger partial charge in [0, 0.05) is 0 Å². The van der Waals surface area contributed by atoms with E-state index in [1.807, 2.05) is 0 Å². The number of carbonyl (C=O) groups is 1. The van der Waals surface area contributed by atoms with Gasteiger partial charge >= 0.3 is 5.97 Å². The highest BCUT2D eigenvalue weighted by Crippen LogP contribution is 2.28. The van der Waals surface area contributed by atoms with Crippen molar-refractivity contribution in [2.24, 2.45) is 0 Å². The van der Waals surface area contributed by atoms with E-state index in [1.54, 1.807) is 6.07 Å². The topological polar surface area (TPSA) is 55.8 Å². The Morgan fingerprint density at radius 1 is 1.28 bits per heavy atom. The Labute approximate surface area is 105 Å². The fourth-order valence-electron chi connectivity index (χ4n) is 1.48. The fraction of sp³-hybridized carbons (Fsp3) is 0.462. The van der Waals surface area contributed by atoms with Gasteiger partial charge in [-0.25, -0.2) is 4.79 Å². The van der Waals surface area contributed by atoms with Crippen LogP contribution in [0.2, 0.25) is 0 Å². The molecule has 0 amide bonds. The van der Waals surface area contributed by atoms with E-state index in [2.05, 4.69) is 0 Å². The lowest BCUT2D eigenvalue weighted by atomic mass is 10.2. The van der Waals surface area contributed by atoms with Crippen molar-refractivity contribution in [3.8, 4) is 11.5 Å². The van der Waals surface area contributed by atoms with Gasteiger partial charge in [0.2, 0.25) is 0 Å². The van der Waals surface area contributed by atoms with Gasteiger partial charge in [-0.2, -0.15) is 0 Å². The molecule has 0 saturated heterocycles. The largest absolute Gasteiger partial charge is 0.493 e. The predicted molar refractivity (Wildman–Crippen MR) is 65.3 cm³/mol. The summed E-state index contributed by atoms with van der Waals surface area (Å²) in [5, 5.41) is 8.84. The fourth-order valence-corrected chi connectivity index (χ4v) is 1.48. The maximum atomic E-state index is 11.9. The minimum atomic E-state index is -1.01. The van der Waals surface area contributed by atoms with E-state index in [9.17, 15) is 9.18 Å². The maximum Gasteiger partial charge on any atom is 0.335 e. The molecular formula is C13H17FO4. The molecule has 0 radical (unpaired) electrons. The van der Waals surface area contributed by atoms with Crippen molar-refractivity contribution in [2.45, 2.75) is 19.3 Å². The second kappa shape index (κ2) is 7.53. The molecule has 0 aliphatic carbocycles. The molecule has 0 unspecified atom stereocenters. The molecular weight excluding hydrogens is 239 g/mol. The van der Waals surface area contributed by atoms with Crippen molar-refractivity contribution in [3.63, 3.8) is 0 Å². The molecule has 0 bridgehead atoms. The molecule has 5 heteroatoms. The van der Waals surface area contributed by atoms with Crippen LogP contribution in [0.15, 0.2) is 18.2 Å². The first kappa shape index (κ1) is 14.3. The lowest BCUT2D eigenvalue weighted by Crippen LogP contribution is -2.02. The third-order valence-corrected chi connectivity index (χ3v) is 2.45. The maximum absolute atomic E-state index is 11.9. The van der Waals surface area contributed by atoms with Crippen LogP contribution in [0.3, 0.4) is 0 Å². The van der Waals surface area contributed by atoms with E-state index in [4.69, 9.17) is 14.6 Å². The lowest BCUT2D eigenvalue weighted by molar-refractivity contribution is 0.0696. The first-order valence-electron chi connectivity index (χ1n) is 5.79. The van der Waals surface area contributed by atoms with Crippen molar-refractivity contribution < 1.29 is 23.8 Å². The van der Waals surface area contributed by atoms with Gasteiger partial charge in [0.15, 0.2) is 11.5 Å². The first-order chi connectivity index (χ1) is 8.69. The summed E-state index contributed by atoms with van der Waals surface area (Å²) in [6, 6.07) is 4.44. The number of halogens is 1.